The summed E-state index contributed by atoms with van der Waals surface area (Å²) in [6.07, 6.45) is 0. The number of nitrogens with zero attached hydrogens (tertiary/aromatic N) is 5. The Bertz CT molecular complexity index is 797. The van der Waals surface area contributed by atoms with Crippen molar-refractivity contribution >= 4 is 28.9 Å². The van der Waals surface area contributed by atoms with Gasteiger partial charge in [-0.1, -0.05) is 57.9 Å². The minimum atomic E-state index is 0.428. The van der Waals surface area contributed by atoms with Crippen LogP contribution in [0, 0.1) is 0 Å². The van der Waals surface area contributed by atoms with Crippen molar-refractivity contribution in [1.29, 1.82) is 0 Å². The predicted molar refractivity (Wildman–Crippen MR) is 86.6 cm³/mol. The van der Waals surface area contributed by atoms with Crippen LogP contribution in [0.15, 0.2) is 59.7 Å². The largest absolute Gasteiger partial charge is 0.321 e. The van der Waals surface area contributed by atoms with Gasteiger partial charge in [0, 0.05) is 16.3 Å². The van der Waals surface area contributed by atoms with Crippen LogP contribution in [0.25, 0.3) is 0 Å². The number of hydrogen-bond donors (Lipinski definition) is 1. The molecule has 0 aliphatic carbocycles. The average molecular weight is 313 g/mol. The van der Waals surface area contributed by atoms with Gasteiger partial charge in [-0.15, -0.1) is 0 Å². The van der Waals surface area contributed by atoms with E-state index in [9.17, 15) is 0 Å². The lowest BCUT2D eigenvalue weighted by molar-refractivity contribution is 0.695. The van der Waals surface area contributed by atoms with E-state index in [0.29, 0.717) is 16.7 Å². The smallest absolute Gasteiger partial charge is 0.269 e. The third-order valence-corrected chi connectivity index (χ3v) is 3.32. The van der Waals surface area contributed by atoms with Crippen molar-refractivity contribution < 1.29 is 0 Å². The van der Waals surface area contributed by atoms with E-state index in [1.165, 1.54) is 4.79 Å². The number of anilines is 2. The Morgan fingerprint density at radius 2 is 1.82 bits per heavy atom. The lowest BCUT2D eigenvalue weighted by atomic mass is 10.1. The van der Waals surface area contributed by atoms with E-state index < -0.39 is 0 Å². The van der Waals surface area contributed by atoms with Crippen molar-refractivity contribution in [3.05, 3.63) is 65.2 Å². The summed E-state index contributed by atoms with van der Waals surface area (Å²) in [6.45, 7) is 1.86. The molecular weight excluding hydrogens is 300 g/mol. The molecule has 0 spiro atoms. The minimum absolute atomic E-state index is 0.428. The van der Waals surface area contributed by atoms with E-state index in [4.69, 9.17) is 11.6 Å². The Morgan fingerprint density at radius 1 is 1.09 bits per heavy atom. The van der Waals surface area contributed by atoms with Crippen LogP contribution in [-0.4, -0.2) is 26.0 Å². The molecule has 0 atom stereocenters. The van der Waals surface area contributed by atoms with Crippen LogP contribution in [0.4, 0.5) is 11.6 Å². The highest BCUT2D eigenvalue weighted by Gasteiger charge is 2.08. The maximum atomic E-state index is 6.17. The van der Waals surface area contributed by atoms with Gasteiger partial charge in [0.05, 0.1) is 5.71 Å². The Morgan fingerprint density at radius 3 is 2.59 bits per heavy atom. The van der Waals surface area contributed by atoms with Crippen LogP contribution >= 0.6 is 11.6 Å². The van der Waals surface area contributed by atoms with Gasteiger partial charge in [-0.3, -0.25) is 0 Å². The van der Waals surface area contributed by atoms with Gasteiger partial charge in [0.2, 0.25) is 0 Å². The standard InChI is InChI=1S/C15H13ClN6/c1-11(13-9-5-6-10-14(13)16)19-22-15(18-20-21-22)17-12-7-3-2-4-8-12/h2-10H,1H3,(H,17,18,21)/b19-11+. The number of rotatable bonds is 4. The number of nitrogens with one attached hydrogen (secondary N) is 1. The van der Waals surface area contributed by atoms with Crippen molar-refractivity contribution in [2.75, 3.05) is 5.32 Å². The molecule has 1 heterocycles. The topological polar surface area (TPSA) is 68.0 Å². The molecule has 0 saturated heterocycles. The van der Waals surface area contributed by atoms with Gasteiger partial charge in [-0.25, -0.2) is 0 Å². The molecule has 0 fully saturated rings. The van der Waals surface area contributed by atoms with Crippen molar-refractivity contribution in [3.8, 4) is 0 Å². The molecule has 3 rings (SSSR count). The number of tetrazole rings is 1. The van der Waals surface area contributed by atoms with Crippen LogP contribution in [0.3, 0.4) is 0 Å². The SMILES string of the molecule is C/C(=N\n1nnnc1Nc1ccccc1)c1ccccc1Cl. The molecule has 110 valence electrons. The number of benzene rings is 2. The van der Waals surface area contributed by atoms with Crippen molar-refractivity contribution in [2.45, 2.75) is 6.92 Å². The molecule has 1 aromatic heterocycles. The quantitative estimate of drug-likeness (QED) is 0.750. The summed E-state index contributed by atoms with van der Waals surface area (Å²) in [5.74, 6) is 0.428. The van der Waals surface area contributed by atoms with Gasteiger partial charge in [-0.2, -0.15) is 5.10 Å². The van der Waals surface area contributed by atoms with E-state index in [1.54, 1.807) is 0 Å². The number of halogens is 1. The van der Waals surface area contributed by atoms with Gasteiger partial charge in [0.25, 0.3) is 5.95 Å². The monoisotopic (exact) mass is 312 g/mol. The Hall–Kier alpha value is -2.73. The summed E-state index contributed by atoms with van der Waals surface area (Å²) < 4.78 is 0. The summed E-state index contributed by atoms with van der Waals surface area (Å²) in [6, 6.07) is 17.1. The fourth-order valence-electron chi connectivity index (χ4n) is 1.93. The Balaban J connectivity index is 1.89. The van der Waals surface area contributed by atoms with Crippen LogP contribution in [0.1, 0.15) is 12.5 Å². The average Bonchev–Trinajstić information content (AvgIpc) is 2.95. The zero-order valence-electron chi connectivity index (χ0n) is 11.8. The van der Waals surface area contributed by atoms with E-state index >= 15 is 0 Å². The highest BCUT2D eigenvalue weighted by molar-refractivity contribution is 6.34. The van der Waals surface area contributed by atoms with Gasteiger partial charge < -0.3 is 5.32 Å². The summed E-state index contributed by atoms with van der Waals surface area (Å²) >= 11 is 6.17. The molecule has 0 unspecified atom stereocenters. The Labute approximate surface area is 132 Å². The molecule has 0 radical (unpaired) electrons. The molecule has 0 amide bonds. The van der Waals surface area contributed by atoms with Crippen LogP contribution in [-0.2, 0) is 0 Å². The molecule has 2 aromatic carbocycles. The highest BCUT2D eigenvalue weighted by Crippen LogP contribution is 2.17. The van der Waals surface area contributed by atoms with Crippen LogP contribution in [0.5, 0.6) is 0 Å². The predicted octanol–water partition coefficient (Wildman–Crippen LogP) is 3.34. The van der Waals surface area contributed by atoms with Crippen molar-refractivity contribution in [3.63, 3.8) is 0 Å². The second-order valence-electron chi connectivity index (χ2n) is 4.55. The molecule has 22 heavy (non-hydrogen) atoms. The molecule has 0 saturated carbocycles. The first-order valence-corrected chi connectivity index (χ1v) is 7.03. The molecule has 1 N–H and O–H groups in total. The zero-order valence-corrected chi connectivity index (χ0v) is 12.6. The second kappa shape index (κ2) is 6.36. The minimum Gasteiger partial charge on any atom is -0.321 e. The van der Waals surface area contributed by atoms with Gasteiger partial charge in [-0.05, 0) is 35.5 Å². The third-order valence-electron chi connectivity index (χ3n) is 2.99. The van der Waals surface area contributed by atoms with Crippen LogP contribution in [0.2, 0.25) is 5.02 Å². The lowest BCUT2D eigenvalue weighted by Crippen LogP contribution is -2.05. The van der Waals surface area contributed by atoms with E-state index in [2.05, 4.69) is 25.9 Å². The summed E-state index contributed by atoms with van der Waals surface area (Å²) in [4.78, 5) is 1.34. The van der Waals surface area contributed by atoms with E-state index in [0.717, 1.165) is 11.3 Å². The zero-order chi connectivity index (χ0) is 15.4. The molecule has 0 aliphatic heterocycles. The fraction of sp³-hybridized carbons (Fsp3) is 0.0667. The molecular formula is C15H13ClN6. The van der Waals surface area contributed by atoms with Crippen molar-refractivity contribution in [1.82, 2.24) is 20.3 Å². The summed E-state index contributed by atoms with van der Waals surface area (Å²) in [5, 5.41) is 19.6. The summed E-state index contributed by atoms with van der Waals surface area (Å²) in [5.41, 5.74) is 2.43. The molecule has 0 bridgehead atoms. The molecule has 0 aliphatic rings. The summed E-state index contributed by atoms with van der Waals surface area (Å²) in [7, 11) is 0. The van der Waals surface area contributed by atoms with E-state index in [1.807, 2.05) is 61.5 Å². The number of aromatic nitrogens is 4. The van der Waals surface area contributed by atoms with Crippen molar-refractivity contribution in [2.24, 2.45) is 5.10 Å². The first-order chi connectivity index (χ1) is 10.7. The molecule has 6 nitrogen and oxygen atoms in total. The fourth-order valence-corrected chi connectivity index (χ4v) is 2.20. The normalized spacial score (nSPS) is 11.5. The maximum absolute atomic E-state index is 6.17. The second-order valence-corrected chi connectivity index (χ2v) is 4.96. The molecule has 7 heteroatoms. The highest BCUT2D eigenvalue weighted by atomic mass is 35.5. The lowest BCUT2D eigenvalue weighted by Gasteiger charge is -2.05. The van der Waals surface area contributed by atoms with E-state index in [-0.39, 0.29) is 0 Å². The first-order valence-electron chi connectivity index (χ1n) is 6.65. The third kappa shape index (κ3) is 3.12. The van der Waals surface area contributed by atoms with Gasteiger partial charge >= 0.3 is 0 Å². The number of para-hydroxylation sites is 1. The maximum Gasteiger partial charge on any atom is 0.269 e. The number of hydrogen-bond acceptors (Lipinski definition) is 5. The molecule has 3 aromatic rings. The van der Waals surface area contributed by atoms with Crippen LogP contribution < -0.4 is 5.32 Å². The van der Waals surface area contributed by atoms with Gasteiger partial charge in [0.1, 0.15) is 0 Å². The first kappa shape index (κ1) is 14.2. The van der Waals surface area contributed by atoms with Gasteiger partial charge in [0.15, 0.2) is 0 Å². The Kier molecular flexibility index (Phi) is 4.11.